The van der Waals surface area contributed by atoms with Crippen LogP contribution in [0.15, 0.2) is 42.5 Å². The summed E-state index contributed by atoms with van der Waals surface area (Å²) in [5.41, 5.74) is 0.659. The van der Waals surface area contributed by atoms with Crippen LogP contribution >= 0.6 is 0 Å². The number of nitrogens with zero attached hydrogens (tertiary/aromatic N) is 1. The van der Waals surface area contributed by atoms with E-state index in [1.807, 2.05) is 42.5 Å². The number of hydrogen-bond acceptors (Lipinski definition) is 2. The van der Waals surface area contributed by atoms with Gasteiger partial charge in [0.05, 0.1) is 0 Å². The van der Waals surface area contributed by atoms with E-state index in [0.717, 1.165) is 36.5 Å². The molecule has 0 aliphatic carbocycles. The van der Waals surface area contributed by atoms with Gasteiger partial charge < -0.3 is 10.2 Å². The second-order valence-electron chi connectivity index (χ2n) is 6.07. The van der Waals surface area contributed by atoms with Crippen molar-refractivity contribution < 1.29 is 9.59 Å². The highest BCUT2D eigenvalue weighted by Crippen LogP contribution is 2.21. The second kappa shape index (κ2) is 6.82. The first-order valence-corrected chi connectivity index (χ1v) is 8.30. The molecule has 2 aromatic rings. The molecule has 4 heteroatoms. The standard InChI is InChI=1S/C19H22N2O2/c1-2-17-9-5-6-12-21(17)19(23)18(22)20-16-11-10-14-7-3-4-8-15(14)13-16/h3-4,7-8,10-11,13,17H,2,5-6,9,12H2,1H3,(H,20,22). The largest absolute Gasteiger partial charge is 0.331 e. The SMILES string of the molecule is CCC1CCCCN1C(=O)C(=O)Nc1ccc2ccccc2c1. The molecule has 120 valence electrons. The molecule has 0 bridgehead atoms. The van der Waals surface area contributed by atoms with E-state index in [1.165, 1.54) is 0 Å². The summed E-state index contributed by atoms with van der Waals surface area (Å²) in [4.78, 5) is 26.5. The van der Waals surface area contributed by atoms with Gasteiger partial charge in [0, 0.05) is 18.3 Å². The second-order valence-corrected chi connectivity index (χ2v) is 6.07. The highest BCUT2D eigenvalue weighted by atomic mass is 16.2. The third-order valence-electron chi connectivity index (χ3n) is 4.56. The Kier molecular flexibility index (Phi) is 4.60. The number of fused-ring (bicyclic) bond motifs is 1. The van der Waals surface area contributed by atoms with Crippen LogP contribution in [-0.2, 0) is 9.59 Å². The molecule has 0 spiro atoms. The topological polar surface area (TPSA) is 49.4 Å². The number of benzene rings is 2. The average Bonchev–Trinajstić information content (AvgIpc) is 2.60. The Hall–Kier alpha value is -2.36. The lowest BCUT2D eigenvalue weighted by Crippen LogP contribution is -2.48. The maximum atomic E-state index is 12.4. The zero-order valence-electron chi connectivity index (χ0n) is 13.4. The van der Waals surface area contributed by atoms with Crippen molar-refractivity contribution in [3.63, 3.8) is 0 Å². The van der Waals surface area contributed by atoms with Crippen LogP contribution in [0.5, 0.6) is 0 Å². The van der Waals surface area contributed by atoms with Crippen molar-refractivity contribution in [2.24, 2.45) is 0 Å². The van der Waals surface area contributed by atoms with Gasteiger partial charge in [-0.3, -0.25) is 9.59 Å². The fraction of sp³-hybridized carbons (Fsp3) is 0.368. The smallest absolute Gasteiger partial charge is 0.313 e. The van der Waals surface area contributed by atoms with E-state index in [9.17, 15) is 9.59 Å². The third-order valence-corrected chi connectivity index (χ3v) is 4.56. The molecule has 1 saturated heterocycles. The minimum absolute atomic E-state index is 0.193. The van der Waals surface area contributed by atoms with Crippen LogP contribution in [0.25, 0.3) is 10.8 Å². The summed E-state index contributed by atoms with van der Waals surface area (Å²) >= 11 is 0. The number of piperidine rings is 1. The Morgan fingerprint density at radius 2 is 1.91 bits per heavy atom. The molecular weight excluding hydrogens is 288 g/mol. The maximum Gasteiger partial charge on any atom is 0.313 e. The van der Waals surface area contributed by atoms with E-state index in [0.29, 0.717) is 12.2 Å². The predicted molar refractivity (Wildman–Crippen MR) is 92.2 cm³/mol. The number of hydrogen-bond donors (Lipinski definition) is 1. The molecule has 1 atom stereocenters. The summed E-state index contributed by atoms with van der Waals surface area (Å²) in [7, 11) is 0. The molecule has 1 aliphatic heterocycles. The molecule has 4 nitrogen and oxygen atoms in total. The van der Waals surface area contributed by atoms with E-state index in [1.54, 1.807) is 4.90 Å². The molecule has 1 N–H and O–H groups in total. The van der Waals surface area contributed by atoms with E-state index in [-0.39, 0.29) is 6.04 Å². The first kappa shape index (κ1) is 15.5. The molecule has 2 amide bonds. The number of carbonyl (C=O) groups excluding carboxylic acids is 2. The fourth-order valence-corrected chi connectivity index (χ4v) is 3.27. The van der Waals surface area contributed by atoms with Crippen molar-refractivity contribution >= 4 is 28.3 Å². The summed E-state index contributed by atoms with van der Waals surface area (Å²) in [6, 6.07) is 13.8. The Balaban J connectivity index is 1.73. The normalized spacial score (nSPS) is 18.0. The molecule has 1 aliphatic rings. The highest BCUT2D eigenvalue weighted by Gasteiger charge is 2.29. The van der Waals surface area contributed by atoms with Crippen LogP contribution in [0.1, 0.15) is 32.6 Å². The minimum Gasteiger partial charge on any atom is -0.331 e. The number of likely N-dealkylation sites (tertiary alicyclic amines) is 1. The van der Waals surface area contributed by atoms with Crippen LogP contribution in [0, 0.1) is 0 Å². The third kappa shape index (κ3) is 3.36. The Morgan fingerprint density at radius 1 is 1.13 bits per heavy atom. The van der Waals surface area contributed by atoms with Gasteiger partial charge in [0.15, 0.2) is 0 Å². The van der Waals surface area contributed by atoms with Crippen molar-refractivity contribution in [2.45, 2.75) is 38.6 Å². The van der Waals surface area contributed by atoms with Gasteiger partial charge >= 0.3 is 11.8 Å². The van der Waals surface area contributed by atoms with Crippen LogP contribution < -0.4 is 5.32 Å². The van der Waals surface area contributed by atoms with Gasteiger partial charge in [-0.15, -0.1) is 0 Å². The quantitative estimate of drug-likeness (QED) is 0.862. The molecule has 0 saturated carbocycles. The van der Waals surface area contributed by atoms with E-state index >= 15 is 0 Å². The van der Waals surface area contributed by atoms with Gasteiger partial charge in [0.2, 0.25) is 0 Å². The summed E-state index contributed by atoms with van der Waals surface area (Å²) < 4.78 is 0. The van der Waals surface area contributed by atoms with Crippen LogP contribution in [0.3, 0.4) is 0 Å². The molecular formula is C19H22N2O2. The van der Waals surface area contributed by atoms with Gasteiger partial charge in [-0.25, -0.2) is 0 Å². The Labute approximate surface area is 136 Å². The zero-order chi connectivity index (χ0) is 16.2. The summed E-state index contributed by atoms with van der Waals surface area (Å²) in [5, 5.41) is 4.90. The Bertz CT molecular complexity index is 726. The molecule has 1 fully saturated rings. The number of anilines is 1. The first-order chi connectivity index (χ1) is 11.2. The number of nitrogens with one attached hydrogen (secondary N) is 1. The van der Waals surface area contributed by atoms with Gasteiger partial charge in [-0.05, 0) is 48.6 Å². The van der Waals surface area contributed by atoms with Crippen LogP contribution in [-0.4, -0.2) is 29.3 Å². The monoisotopic (exact) mass is 310 g/mol. The van der Waals surface area contributed by atoms with Gasteiger partial charge in [-0.1, -0.05) is 37.3 Å². The lowest BCUT2D eigenvalue weighted by molar-refractivity contribution is -0.145. The number of carbonyl (C=O) groups is 2. The molecule has 1 heterocycles. The number of amides is 2. The fourth-order valence-electron chi connectivity index (χ4n) is 3.27. The van der Waals surface area contributed by atoms with Crippen LogP contribution in [0.4, 0.5) is 5.69 Å². The van der Waals surface area contributed by atoms with Crippen molar-refractivity contribution in [2.75, 3.05) is 11.9 Å². The molecule has 0 aromatic heterocycles. The van der Waals surface area contributed by atoms with Gasteiger partial charge in [-0.2, -0.15) is 0 Å². The minimum atomic E-state index is -0.541. The van der Waals surface area contributed by atoms with E-state index < -0.39 is 11.8 Å². The Morgan fingerprint density at radius 3 is 2.70 bits per heavy atom. The molecule has 2 aromatic carbocycles. The molecule has 23 heavy (non-hydrogen) atoms. The van der Waals surface area contributed by atoms with Crippen LogP contribution in [0.2, 0.25) is 0 Å². The summed E-state index contributed by atoms with van der Waals surface area (Å²) in [5.74, 6) is -0.953. The van der Waals surface area contributed by atoms with Gasteiger partial charge in [0.1, 0.15) is 0 Å². The van der Waals surface area contributed by atoms with Crippen molar-refractivity contribution in [3.8, 4) is 0 Å². The lowest BCUT2D eigenvalue weighted by Gasteiger charge is -2.34. The van der Waals surface area contributed by atoms with Crippen molar-refractivity contribution in [3.05, 3.63) is 42.5 Å². The number of rotatable bonds is 2. The first-order valence-electron chi connectivity index (χ1n) is 8.30. The van der Waals surface area contributed by atoms with Crippen molar-refractivity contribution in [1.29, 1.82) is 0 Å². The summed E-state index contributed by atoms with van der Waals surface area (Å²) in [6.45, 7) is 2.75. The lowest BCUT2D eigenvalue weighted by atomic mass is 10.00. The van der Waals surface area contributed by atoms with E-state index in [4.69, 9.17) is 0 Å². The molecule has 0 radical (unpaired) electrons. The maximum absolute atomic E-state index is 12.4. The summed E-state index contributed by atoms with van der Waals surface area (Å²) in [6.07, 6.45) is 4.00. The van der Waals surface area contributed by atoms with Gasteiger partial charge in [0.25, 0.3) is 0 Å². The average molecular weight is 310 g/mol. The zero-order valence-corrected chi connectivity index (χ0v) is 13.4. The molecule has 1 unspecified atom stereocenters. The van der Waals surface area contributed by atoms with E-state index in [2.05, 4.69) is 12.2 Å². The highest BCUT2D eigenvalue weighted by molar-refractivity contribution is 6.39. The van der Waals surface area contributed by atoms with Crippen molar-refractivity contribution in [1.82, 2.24) is 4.90 Å². The predicted octanol–water partition coefficient (Wildman–Crippen LogP) is 3.57. The molecule has 3 rings (SSSR count).